The predicted octanol–water partition coefficient (Wildman–Crippen LogP) is 7.01. The highest BCUT2D eigenvalue weighted by Crippen LogP contribution is 2.41. The van der Waals surface area contributed by atoms with Crippen LogP contribution in [0.15, 0.2) is 55.0 Å². The van der Waals surface area contributed by atoms with Crippen LogP contribution < -0.4 is 30.9 Å². The van der Waals surface area contributed by atoms with Gasteiger partial charge in [-0.2, -0.15) is 0 Å². The first-order valence-corrected chi connectivity index (χ1v) is 20.5. The van der Waals surface area contributed by atoms with Crippen molar-refractivity contribution in [1.29, 1.82) is 0 Å². The summed E-state index contributed by atoms with van der Waals surface area (Å²) in [5, 5.41) is 22.3. The van der Waals surface area contributed by atoms with Gasteiger partial charge in [0.2, 0.25) is 5.91 Å². The molecule has 5 N–H and O–H groups in total. The molecule has 0 saturated carbocycles. The molecule has 4 heterocycles. The Morgan fingerprint density at radius 3 is 2.45 bits per heavy atom. The van der Waals surface area contributed by atoms with E-state index in [0.29, 0.717) is 52.8 Å². The smallest absolute Gasteiger partial charge is 0.405 e. The fourth-order valence-corrected chi connectivity index (χ4v) is 8.44. The number of benzene rings is 1. The number of thiophene rings is 1. The van der Waals surface area contributed by atoms with Gasteiger partial charge in [0.15, 0.2) is 8.32 Å². The molecule has 15 heteroatoms. The van der Waals surface area contributed by atoms with E-state index in [4.69, 9.17) is 9.16 Å². The number of hydrogen-bond acceptors (Lipinski definition) is 10. The maximum absolute atomic E-state index is 14.3. The van der Waals surface area contributed by atoms with E-state index in [0.717, 1.165) is 16.0 Å². The molecule has 0 unspecified atom stereocenters. The Kier molecular flexibility index (Phi) is 11.2. The van der Waals surface area contributed by atoms with E-state index >= 15 is 0 Å². The molecule has 0 aliphatic carbocycles. The van der Waals surface area contributed by atoms with Crippen molar-refractivity contribution < 1.29 is 28.7 Å². The normalized spacial score (nSPS) is 17.9. The minimum absolute atomic E-state index is 0.0296. The largest absolute Gasteiger partial charge is 0.497 e. The molecule has 13 nitrogen and oxygen atoms in total. The van der Waals surface area contributed by atoms with E-state index in [-0.39, 0.29) is 23.0 Å². The molecule has 3 aromatic heterocycles. The zero-order valence-electron chi connectivity index (χ0n) is 30.3. The molecular weight excluding hydrogens is 687 g/mol. The number of ether oxygens (including phenoxy) is 1. The summed E-state index contributed by atoms with van der Waals surface area (Å²) in [7, 11) is -0.605. The Labute approximate surface area is 303 Å². The summed E-state index contributed by atoms with van der Waals surface area (Å²) in [5.41, 5.74) is 3.54. The average molecular weight is 734 g/mol. The molecule has 51 heavy (non-hydrogen) atoms. The lowest BCUT2D eigenvalue weighted by Crippen LogP contribution is -2.62. The second-order valence-electron chi connectivity index (χ2n) is 14.4. The third-order valence-electron chi connectivity index (χ3n) is 9.50. The van der Waals surface area contributed by atoms with Gasteiger partial charge in [0.1, 0.15) is 16.3 Å². The summed E-state index contributed by atoms with van der Waals surface area (Å²) in [5.74, 6) is 0.0998. The van der Waals surface area contributed by atoms with Gasteiger partial charge >= 0.3 is 6.09 Å². The number of rotatable bonds is 11. The van der Waals surface area contributed by atoms with E-state index in [2.05, 4.69) is 76.9 Å². The van der Waals surface area contributed by atoms with Crippen LogP contribution in [0.2, 0.25) is 18.1 Å². The lowest BCUT2D eigenvalue weighted by Gasteiger charge is -2.48. The number of methoxy groups -OCH3 is 1. The fourth-order valence-electron chi connectivity index (χ4n) is 5.92. The van der Waals surface area contributed by atoms with Gasteiger partial charge in [-0.25, -0.2) is 4.79 Å². The number of piperidine rings is 1. The molecule has 0 spiro atoms. The number of carboxylic acid groups (broad SMARTS) is 1. The molecule has 1 fully saturated rings. The summed E-state index contributed by atoms with van der Waals surface area (Å²) in [6.45, 7) is 15.7. The van der Waals surface area contributed by atoms with Crippen LogP contribution in [0.25, 0.3) is 10.2 Å². The van der Waals surface area contributed by atoms with Gasteiger partial charge in [-0.1, -0.05) is 39.8 Å². The van der Waals surface area contributed by atoms with E-state index in [9.17, 15) is 19.5 Å². The van der Waals surface area contributed by atoms with Crippen molar-refractivity contribution in [2.24, 2.45) is 5.92 Å². The topological polar surface area (TPSA) is 167 Å². The van der Waals surface area contributed by atoms with Crippen LogP contribution in [-0.2, 0) is 15.8 Å². The maximum atomic E-state index is 14.3. The van der Waals surface area contributed by atoms with Gasteiger partial charge in [0, 0.05) is 38.7 Å². The van der Waals surface area contributed by atoms with Crippen molar-refractivity contribution >= 4 is 69.8 Å². The van der Waals surface area contributed by atoms with Crippen molar-refractivity contribution in [3.05, 3.63) is 66.1 Å². The summed E-state index contributed by atoms with van der Waals surface area (Å²) >= 11 is 1.36. The van der Waals surface area contributed by atoms with Gasteiger partial charge in [0.25, 0.3) is 5.91 Å². The highest BCUT2D eigenvalue weighted by atomic mass is 32.1. The highest BCUT2D eigenvalue weighted by molar-refractivity contribution is 7.23. The second kappa shape index (κ2) is 15.2. The zero-order chi connectivity index (χ0) is 37.1. The lowest BCUT2D eigenvalue weighted by atomic mass is 9.92. The van der Waals surface area contributed by atoms with Crippen molar-refractivity contribution in [3.8, 4) is 5.75 Å². The second-order valence-corrected chi connectivity index (χ2v) is 20.2. The molecule has 1 aliphatic heterocycles. The first-order valence-electron chi connectivity index (χ1n) is 16.8. The Hall–Kier alpha value is -4.73. The van der Waals surface area contributed by atoms with E-state index in [1.54, 1.807) is 25.6 Å². The van der Waals surface area contributed by atoms with Crippen molar-refractivity contribution in [3.63, 3.8) is 0 Å². The third kappa shape index (κ3) is 8.78. The zero-order valence-corrected chi connectivity index (χ0v) is 32.1. The Bertz CT molecular complexity index is 1900. The van der Waals surface area contributed by atoms with E-state index < -0.39 is 26.4 Å². The quantitative estimate of drug-likeness (QED) is 0.101. The number of aromatic nitrogens is 2. The lowest BCUT2D eigenvalue weighted by molar-refractivity contribution is -0.114. The monoisotopic (exact) mass is 733 g/mol. The number of amides is 3. The molecule has 4 aromatic rings. The third-order valence-corrected chi connectivity index (χ3v) is 15.1. The summed E-state index contributed by atoms with van der Waals surface area (Å²) < 4.78 is 12.8. The van der Waals surface area contributed by atoms with Crippen molar-refractivity contribution in [1.82, 2.24) is 15.3 Å². The van der Waals surface area contributed by atoms with Crippen molar-refractivity contribution in [2.45, 2.75) is 71.4 Å². The summed E-state index contributed by atoms with van der Waals surface area (Å²) in [6, 6.07) is 10.8. The van der Waals surface area contributed by atoms with Crippen LogP contribution in [-0.4, -0.2) is 73.6 Å². The number of nitrogens with zero attached hydrogens (tertiary/aromatic N) is 3. The molecule has 0 radical (unpaired) electrons. The van der Waals surface area contributed by atoms with Gasteiger partial charge < -0.3 is 40.4 Å². The molecule has 1 aromatic carbocycles. The number of nitrogens with one attached hydrogen (secondary N) is 4. The Balaban J connectivity index is 1.44. The number of carbonyl (C=O) groups excluding carboxylic acids is 2. The van der Waals surface area contributed by atoms with Gasteiger partial charge in [-0.05, 0) is 48.0 Å². The predicted molar refractivity (Wildman–Crippen MR) is 205 cm³/mol. The number of fused-ring (bicyclic) bond motifs is 1. The maximum Gasteiger partial charge on any atom is 0.405 e. The molecule has 3 amide bonds. The first kappa shape index (κ1) is 37.5. The average Bonchev–Trinajstić information content (AvgIpc) is 3.42. The van der Waals surface area contributed by atoms with Gasteiger partial charge in [-0.15, -0.1) is 11.3 Å². The minimum Gasteiger partial charge on any atom is -0.497 e. The SMILES string of the molecule is COc1ccc(CNc2sc3cc(NC(C)=O)cnc3c2C(=O)Nc2cnccc2N2C[C@H](C)[C@@H](O[Si](C)(C)C(C)(C)C)[C@H](NC(=O)O)C2)cc1. The summed E-state index contributed by atoms with van der Waals surface area (Å²) in [6.07, 6.45) is 3.35. The Morgan fingerprint density at radius 1 is 1.08 bits per heavy atom. The van der Waals surface area contributed by atoms with Crippen LogP contribution in [0.4, 0.5) is 26.9 Å². The highest BCUT2D eigenvalue weighted by Gasteiger charge is 2.45. The number of anilines is 4. The molecule has 5 rings (SSSR count). The van der Waals surface area contributed by atoms with E-state index in [1.165, 1.54) is 24.5 Å². The van der Waals surface area contributed by atoms with E-state index in [1.807, 2.05) is 30.3 Å². The Morgan fingerprint density at radius 2 is 1.80 bits per heavy atom. The molecule has 1 saturated heterocycles. The van der Waals surface area contributed by atoms with Crippen LogP contribution in [0.5, 0.6) is 5.75 Å². The van der Waals surface area contributed by atoms with Crippen LogP contribution in [0, 0.1) is 5.92 Å². The standard InChI is InChI=1S/C36H47N7O6SSi/c1-21-19-43(20-27(42-35(46)47)32(21)49-51(7,8)36(3,4)5)28-13-14-37-18-26(28)41-33(45)30-31-29(15-24(17-38-31)40-22(2)44)50-34(30)39-16-23-9-11-25(48-6)12-10-23/h9-15,17-18,21,27,32,39,42H,16,19-20H2,1-8H3,(H,40,44)(H,41,45)(H,46,47)/t21-,27+,32+/m0/s1. The first-order chi connectivity index (χ1) is 24.1. The fraction of sp³-hybridized carbons (Fsp3) is 0.417. The molecule has 272 valence electrons. The number of hydrogen-bond donors (Lipinski definition) is 5. The van der Waals surface area contributed by atoms with Gasteiger partial charge in [0.05, 0.1) is 58.9 Å². The number of carbonyl (C=O) groups is 3. The molecule has 1 aliphatic rings. The molecular formula is C36H47N7O6SSi. The molecule has 3 atom stereocenters. The number of pyridine rings is 2. The van der Waals surface area contributed by atoms with Gasteiger partial charge in [-0.3, -0.25) is 19.6 Å². The van der Waals surface area contributed by atoms with Crippen LogP contribution in [0.1, 0.15) is 50.5 Å². The molecule has 0 bridgehead atoms. The van der Waals surface area contributed by atoms with Crippen LogP contribution >= 0.6 is 11.3 Å². The van der Waals surface area contributed by atoms with Crippen molar-refractivity contribution in [2.75, 3.05) is 41.0 Å². The summed E-state index contributed by atoms with van der Waals surface area (Å²) in [4.78, 5) is 48.9. The van der Waals surface area contributed by atoms with Crippen LogP contribution in [0.3, 0.4) is 0 Å². The minimum atomic E-state index is -2.22.